The van der Waals surface area contributed by atoms with Gasteiger partial charge in [0, 0.05) is 31.0 Å². The number of rotatable bonds is 12. The molecular weight excluding hydrogens is 402 g/mol. The van der Waals surface area contributed by atoms with Crippen molar-refractivity contribution in [2.45, 2.75) is 84.6 Å². The van der Waals surface area contributed by atoms with Gasteiger partial charge < -0.3 is 9.64 Å². The fraction of sp³-hybridized carbons (Fsp3) is 0.654. The lowest BCUT2D eigenvalue weighted by Gasteiger charge is -2.22. The van der Waals surface area contributed by atoms with Crippen molar-refractivity contribution in [2.24, 2.45) is 5.92 Å². The van der Waals surface area contributed by atoms with Crippen LogP contribution in [0.3, 0.4) is 0 Å². The Morgan fingerprint density at radius 2 is 1.78 bits per heavy atom. The van der Waals surface area contributed by atoms with Crippen molar-refractivity contribution in [2.75, 3.05) is 20.2 Å². The van der Waals surface area contributed by atoms with Crippen molar-refractivity contribution in [3.63, 3.8) is 0 Å². The van der Waals surface area contributed by atoms with E-state index in [9.17, 15) is 9.59 Å². The van der Waals surface area contributed by atoms with Gasteiger partial charge in [-0.1, -0.05) is 58.8 Å². The third kappa shape index (κ3) is 6.11. The molecule has 0 spiro atoms. The van der Waals surface area contributed by atoms with Crippen molar-refractivity contribution in [3.05, 3.63) is 23.9 Å². The van der Waals surface area contributed by atoms with E-state index >= 15 is 0 Å². The Hall–Kier alpha value is -2.37. The predicted octanol–water partition coefficient (Wildman–Crippen LogP) is 5.63. The van der Waals surface area contributed by atoms with Gasteiger partial charge in [0.25, 0.3) is 0 Å². The minimum absolute atomic E-state index is 0.0606. The van der Waals surface area contributed by atoms with Crippen LogP contribution in [0.25, 0.3) is 10.9 Å². The zero-order chi connectivity index (χ0) is 22.9. The maximum absolute atomic E-state index is 13.2. The van der Waals surface area contributed by atoms with Crippen LogP contribution >= 0.6 is 0 Å². The molecule has 1 saturated carbocycles. The maximum Gasteiger partial charge on any atom is 0.244 e. The number of carbonyl (C=O) groups excluding carboxylic acids is 2. The number of Topliss-reactive ketones (excluding diaryl/α,β-unsaturated/α-hetero) is 1. The van der Waals surface area contributed by atoms with Gasteiger partial charge in [-0.3, -0.25) is 14.3 Å². The first-order valence-electron chi connectivity index (χ1n) is 12.4. The Morgan fingerprint density at radius 1 is 1.09 bits per heavy atom. The molecule has 6 nitrogen and oxygen atoms in total. The minimum atomic E-state index is 0.0606. The van der Waals surface area contributed by atoms with Gasteiger partial charge in [0.2, 0.25) is 5.91 Å². The summed E-state index contributed by atoms with van der Waals surface area (Å²) in [4.78, 5) is 28.3. The number of ether oxygens (including phenoxy) is 1. The highest BCUT2D eigenvalue weighted by Crippen LogP contribution is 2.30. The van der Waals surface area contributed by atoms with Crippen LogP contribution in [0.4, 0.5) is 0 Å². The van der Waals surface area contributed by atoms with Gasteiger partial charge in [-0.2, -0.15) is 5.10 Å². The predicted molar refractivity (Wildman–Crippen MR) is 128 cm³/mol. The second kappa shape index (κ2) is 12.0. The molecule has 0 saturated heterocycles. The molecule has 0 unspecified atom stereocenters. The van der Waals surface area contributed by atoms with Gasteiger partial charge in [0.15, 0.2) is 5.78 Å². The monoisotopic (exact) mass is 441 g/mol. The first kappa shape index (κ1) is 24.3. The Kier molecular flexibility index (Phi) is 9.12. The van der Waals surface area contributed by atoms with E-state index in [0.717, 1.165) is 62.5 Å². The lowest BCUT2D eigenvalue weighted by atomic mass is 9.85. The first-order valence-corrected chi connectivity index (χ1v) is 12.4. The average Bonchev–Trinajstić information content (AvgIpc) is 3.17. The molecule has 2 aromatic rings. The number of unbranched alkanes of at least 4 members (excludes halogenated alkanes) is 2. The summed E-state index contributed by atoms with van der Waals surface area (Å²) in [5.41, 5.74) is 1.28. The summed E-state index contributed by atoms with van der Waals surface area (Å²) < 4.78 is 7.11. The molecule has 3 rings (SSSR count). The molecular formula is C26H39N3O3. The number of benzene rings is 1. The summed E-state index contributed by atoms with van der Waals surface area (Å²) in [7, 11) is 1.62. The fourth-order valence-corrected chi connectivity index (χ4v) is 4.64. The van der Waals surface area contributed by atoms with E-state index in [4.69, 9.17) is 4.74 Å². The number of nitrogens with zero attached hydrogens (tertiary/aromatic N) is 3. The number of hydrogen-bond donors (Lipinski definition) is 0. The van der Waals surface area contributed by atoms with Crippen LogP contribution in [0.2, 0.25) is 0 Å². The van der Waals surface area contributed by atoms with E-state index in [0.29, 0.717) is 23.8 Å². The van der Waals surface area contributed by atoms with E-state index in [1.54, 1.807) is 11.8 Å². The highest BCUT2D eigenvalue weighted by Gasteiger charge is 2.24. The van der Waals surface area contributed by atoms with Crippen molar-refractivity contribution < 1.29 is 14.3 Å². The largest absolute Gasteiger partial charge is 0.497 e. The van der Waals surface area contributed by atoms with Crippen molar-refractivity contribution in [3.8, 4) is 5.75 Å². The van der Waals surface area contributed by atoms with Gasteiger partial charge in [-0.05, 0) is 30.9 Å². The normalized spacial score (nSPS) is 14.6. The number of hydrogen-bond acceptors (Lipinski definition) is 4. The third-order valence-corrected chi connectivity index (χ3v) is 6.62. The minimum Gasteiger partial charge on any atom is -0.497 e. The number of carbonyl (C=O) groups is 2. The van der Waals surface area contributed by atoms with Crippen LogP contribution in [-0.2, 0) is 11.3 Å². The molecule has 0 N–H and O–H groups in total. The van der Waals surface area contributed by atoms with Gasteiger partial charge in [-0.25, -0.2) is 0 Å². The molecule has 0 atom stereocenters. The van der Waals surface area contributed by atoms with E-state index in [-0.39, 0.29) is 18.2 Å². The number of fused-ring (bicyclic) bond motifs is 1. The molecule has 0 bridgehead atoms. The standard InChI is InChI=1S/C26H39N3O3/c1-4-6-15-28(16-7-5-2)25(31)19-29-23-18-21(32-3)13-14-22(23)26(27-29)24(30)17-20-11-9-8-10-12-20/h13-14,18,20H,4-12,15-17,19H2,1-3H3. The molecule has 1 aliphatic carbocycles. The molecule has 6 heteroatoms. The Morgan fingerprint density at radius 3 is 2.41 bits per heavy atom. The number of methoxy groups -OCH3 is 1. The number of aromatic nitrogens is 2. The molecule has 1 aromatic carbocycles. The van der Waals surface area contributed by atoms with Crippen molar-refractivity contribution in [1.29, 1.82) is 0 Å². The first-order chi connectivity index (χ1) is 15.6. The smallest absolute Gasteiger partial charge is 0.244 e. The summed E-state index contributed by atoms with van der Waals surface area (Å²) >= 11 is 0. The molecule has 1 amide bonds. The molecule has 0 radical (unpaired) electrons. The molecule has 0 aliphatic heterocycles. The van der Waals surface area contributed by atoms with Gasteiger partial charge >= 0.3 is 0 Å². The molecule has 1 aromatic heterocycles. The van der Waals surface area contributed by atoms with Gasteiger partial charge in [0.05, 0.1) is 12.6 Å². The second-order valence-corrected chi connectivity index (χ2v) is 9.11. The zero-order valence-electron chi connectivity index (χ0n) is 20.1. The van der Waals surface area contributed by atoms with Crippen LogP contribution < -0.4 is 4.74 Å². The SMILES string of the molecule is CCCCN(CCCC)C(=O)Cn1nc(C(=O)CC2CCCCC2)c2ccc(OC)cc21. The van der Waals surface area contributed by atoms with Crippen LogP contribution in [0, 0.1) is 5.92 Å². The lowest BCUT2D eigenvalue weighted by Crippen LogP contribution is -2.35. The topological polar surface area (TPSA) is 64.4 Å². The van der Waals surface area contributed by atoms with Crippen LogP contribution in [0.5, 0.6) is 5.75 Å². The highest BCUT2D eigenvalue weighted by atomic mass is 16.5. The molecule has 1 aliphatic rings. The van der Waals surface area contributed by atoms with E-state index in [1.807, 2.05) is 23.1 Å². The maximum atomic E-state index is 13.2. The van der Waals surface area contributed by atoms with Crippen molar-refractivity contribution in [1.82, 2.24) is 14.7 Å². The van der Waals surface area contributed by atoms with E-state index < -0.39 is 0 Å². The molecule has 1 heterocycles. The highest BCUT2D eigenvalue weighted by molar-refractivity contribution is 6.06. The molecule has 1 fully saturated rings. The fourth-order valence-electron chi connectivity index (χ4n) is 4.64. The average molecular weight is 442 g/mol. The van der Waals surface area contributed by atoms with E-state index in [2.05, 4.69) is 18.9 Å². The summed E-state index contributed by atoms with van der Waals surface area (Å²) in [6, 6.07) is 5.65. The second-order valence-electron chi connectivity index (χ2n) is 9.11. The Labute approximate surface area is 192 Å². The Balaban J connectivity index is 1.86. The van der Waals surface area contributed by atoms with Crippen LogP contribution in [-0.4, -0.2) is 46.6 Å². The number of amides is 1. The van der Waals surface area contributed by atoms with Gasteiger partial charge in [-0.15, -0.1) is 0 Å². The summed E-state index contributed by atoms with van der Waals surface area (Å²) in [6.07, 6.45) is 10.6. The molecule has 176 valence electrons. The van der Waals surface area contributed by atoms with Gasteiger partial charge in [0.1, 0.15) is 18.0 Å². The lowest BCUT2D eigenvalue weighted by molar-refractivity contribution is -0.132. The quantitative estimate of drug-likeness (QED) is 0.401. The van der Waals surface area contributed by atoms with Crippen LogP contribution in [0.15, 0.2) is 18.2 Å². The summed E-state index contributed by atoms with van der Waals surface area (Å²) in [6.45, 7) is 5.96. The van der Waals surface area contributed by atoms with E-state index in [1.165, 1.54) is 19.3 Å². The Bertz CT molecular complexity index is 891. The van der Waals surface area contributed by atoms with Crippen LogP contribution in [0.1, 0.15) is 88.5 Å². The summed E-state index contributed by atoms with van der Waals surface area (Å²) in [5, 5.41) is 5.49. The zero-order valence-corrected chi connectivity index (χ0v) is 20.1. The number of ketones is 1. The molecule has 32 heavy (non-hydrogen) atoms. The van der Waals surface area contributed by atoms with Crippen molar-refractivity contribution >= 4 is 22.6 Å². The summed E-state index contributed by atoms with van der Waals surface area (Å²) in [5.74, 6) is 1.30. The third-order valence-electron chi connectivity index (χ3n) is 6.62.